The Kier molecular flexibility index (Phi) is 5.79. The predicted molar refractivity (Wildman–Crippen MR) is 104 cm³/mol. The van der Waals surface area contributed by atoms with E-state index in [-0.39, 0.29) is 17.4 Å². The SMILES string of the molecule is CCCCCc1cc(O)c(C2C=C(C)CCC2)c(O)c1-c1cncs1. The van der Waals surface area contributed by atoms with Crippen molar-refractivity contribution in [1.82, 2.24) is 4.98 Å². The Labute approximate surface area is 154 Å². The Balaban J connectivity index is 2.08. The van der Waals surface area contributed by atoms with Gasteiger partial charge in [0.25, 0.3) is 0 Å². The highest BCUT2D eigenvalue weighted by molar-refractivity contribution is 7.13. The normalized spacial score (nSPS) is 17.5. The Hall–Kier alpha value is -1.81. The van der Waals surface area contributed by atoms with Gasteiger partial charge in [0, 0.05) is 23.2 Å². The standard InChI is InChI=1S/C21H27NO2S/c1-3-4-5-8-16-11-17(23)19(15-9-6-7-14(2)10-15)21(24)20(16)18-12-22-13-25-18/h10-13,15,23-24H,3-9H2,1-2H3. The third-order valence-corrected chi connectivity index (χ3v) is 5.86. The molecule has 1 aromatic heterocycles. The largest absolute Gasteiger partial charge is 0.507 e. The second kappa shape index (κ2) is 8.05. The number of phenolic OH excluding ortho intramolecular Hbond substituents is 2. The molecule has 1 heterocycles. The first-order chi connectivity index (χ1) is 12.1. The summed E-state index contributed by atoms with van der Waals surface area (Å²) < 4.78 is 0. The summed E-state index contributed by atoms with van der Waals surface area (Å²) in [6, 6.07) is 1.87. The molecule has 1 aliphatic carbocycles. The van der Waals surface area contributed by atoms with Crippen LogP contribution in [0.2, 0.25) is 0 Å². The van der Waals surface area contributed by atoms with Crippen LogP contribution in [0.25, 0.3) is 10.4 Å². The third kappa shape index (κ3) is 3.90. The van der Waals surface area contributed by atoms with Gasteiger partial charge in [-0.05, 0) is 50.7 Å². The minimum Gasteiger partial charge on any atom is -0.507 e. The minimum absolute atomic E-state index is 0.0881. The van der Waals surface area contributed by atoms with Crippen LogP contribution in [0.4, 0.5) is 0 Å². The van der Waals surface area contributed by atoms with E-state index in [2.05, 4.69) is 24.9 Å². The second-order valence-corrected chi connectivity index (χ2v) is 7.91. The lowest BCUT2D eigenvalue weighted by molar-refractivity contribution is 0.429. The van der Waals surface area contributed by atoms with Gasteiger partial charge in [0.1, 0.15) is 11.5 Å². The highest BCUT2D eigenvalue weighted by Crippen LogP contribution is 2.47. The number of hydrogen-bond acceptors (Lipinski definition) is 4. The zero-order chi connectivity index (χ0) is 17.8. The Morgan fingerprint density at radius 3 is 2.80 bits per heavy atom. The molecule has 0 fully saturated rings. The number of aromatic hydroxyl groups is 2. The molecular formula is C21H27NO2S. The van der Waals surface area contributed by atoms with E-state index in [1.807, 2.05) is 12.3 Å². The van der Waals surface area contributed by atoms with Crippen molar-refractivity contribution in [2.45, 2.75) is 64.7 Å². The number of rotatable bonds is 6. The molecule has 0 amide bonds. The smallest absolute Gasteiger partial charge is 0.132 e. The maximum absolute atomic E-state index is 11.1. The van der Waals surface area contributed by atoms with Crippen LogP contribution in [0.1, 0.15) is 69.4 Å². The van der Waals surface area contributed by atoms with Crippen molar-refractivity contribution in [2.24, 2.45) is 0 Å². The Morgan fingerprint density at radius 2 is 2.12 bits per heavy atom. The zero-order valence-electron chi connectivity index (χ0n) is 15.1. The zero-order valence-corrected chi connectivity index (χ0v) is 15.9. The van der Waals surface area contributed by atoms with Gasteiger partial charge in [-0.1, -0.05) is 31.4 Å². The molecule has 0 bridgehead atoms. The lowest BCUT2D eigenvalue weighted by Gasteiger charge is -2.24. The van der Waals surface area contributed by atoms with E-state index >= 15 is 0 Å². The van der Waals surface area contributed by atoms with E-state index < -0.39 is 0 Å². The van der Waals surface area contributed by atoms with Crippen molar-refractivity contribution >= 4 is 11.3 Å². The number of thiazole rings is 1. The van der Waals surface area contributed by atoms with Crippen molar-refractivity contribution < 1.29 is 10.2 Å². The number of aryl methyl sites for hydroxylation is 1. The first-order valence-electron chi connectivity index (χ1n) is 9.25. The first kappa shape index (κ1) is 18.0. The molecule has 1 aliphatic rings. The maximum Gasteiger partial charge on any atom is 0.132 e. The second-order valence-electron chi connectivity index (χ2n) is 7.03. The number of benzene rings is 1. The molecule has 4 heteroatoms. The van der Waals surface area contributed by atoms with Gasteiger partial charge in [0.2, 0.25) is 0 Å². The maximum atomic E-state index is 11.1. The molecule has 2 N–H and O–H groups in total. The number of nitrogens with zero attached hydrogens (tertiary/aromatic N) is 1. The fraction of sp³-hybridized carbons (Fsp3) is 0.476. The van der Waals surface area contributed by atoms with E-state index in [1.165, 1.54) is 16.9 Å². The molecule has 0 saturated heterocycles. The highest BCUT2D eigenvalue weighted by atomic mass is 32.1. The van der Waals surface area contributed by atoms with E-state index in [0.29, 0.717) is 5.56 Å². The first-order valence-corrected chi connectivity index (χ1v) is 10.1. The van der Waals surface area contributed by atoms with Gasteiger partial charge in [-0.2, -0.15) is 0 Å². The van der Waals surface area contributed by atoms with Crippen LogP contribution in [0.5, 0.6) is 11.5 Å². The Morgan fingerprint density at radius 1 is 1.28 bits per heavy atom. The summed E-state index contributed by atoms with van der Waals surface area (Å²) in [7, 11) is 0. The summed E-state index contributed by atoms with van der Waals surface area (Å²) in [6.07, 6.45) is 11.4. The molecule has 3 rings (SSSR count). The molecule has 25 heavy (non-hydrogen) atoms. The summed E-state index contributed by atoms with van der Waals surface area (Å²) in [5.74, 6) is 0.560. The third-order valence-electron chi connectivity index (χ3n) is 5.07. The lowest BCUT2D eigenvalue weighted by Crippen LogP contribution is -2.05. The van der Waals surface area contributed by atoms with Crippen LogP contribution < -0.4 is 0 Å². The van der Waals surface area contributed by atoms with E-state index in [1.54, 1.807) is 5.51 Å². The molecule has 1 atom stereocenters. The van der Waals surface area contributed by atoms with Crippen LogP contribution in [0.3, 0.4) is 0 Å². The fourth-order valence-corrected chi connectivity index (χ4v) is 4.51. The van der Waals surface area contributed by atoms with Crippen LogP contribution in [-0.4, -0.2) is 15.2 Å². The number of aromatic nitrogens is 1. The molecule has 1 unspecified atom stereocenters. The summed E-state index contributed by atoms with van der Waals surface area (Å²) >= 11 is 1.54. The van der Waals surface area contributed by atoms with Gasteiger partial charge in [-0.15, -0.1) is 11.3 Å². The van der Waals surface area contributed by atoms with Gasteiger partial charge < -0.3 is 10.2 Å². The van der Waals surface area contributed by atoms with Crippen LogP contribution in [-0.2, 0) is 6.42 Å². The monoisotopic (exact) mass is 357 g/mol. The van der Waals surface area contributed by atoms with Crippen LogP contribution >= 0.6 is 11.3 Å². The highest BCUT2D eigenvalue weighted by Gasteiger charge is 2.25. The van der Waals surface area contributed by atoms with Crippen molar-refractivity contribution in [3.05, 3.63) is 40.5 Å². The number of allylic oxidation sites excluding steroid dienone is 2. The average Bonchev–Trinajstić information content (AvgIpc) is 3.09. The van der Waals surface area contributed by atoms with Crippen LogP contribution in [0, 0.1) is 0 Å². The number of hydrogen-bond donors (Lipinski definition) is 2. The Bertz CT molecular complexity index is 750. The van der Waals surface area contributed by atoms with E-state index in [4.69, 9.17) is 0 Å². The molecule has 1 aromatic carbocycles. The molecule has 2 aromatic rings. The molecule has 0 radical (unpaired) electrons. The summed E-state index contributed by atoms with van der Waals surface area (Å²) in [4.78, 5) is 5.16. The van der Waals surface area contributed by atoms with Gasteiger partial charge in [-0.25, -0.2) is 0 Å². The van der Waals surface area contributed by atoms with Crippen LogP contribution in [0.15, 0.2) is 29.4 Å². The molecule has 3 nitrogen and oxygen atoms in total. The predicted octanol–water partition coefficient (Wildman–Crippen LogP) is 6.17. The number of unbranched alkanes of at least 4 members (excludes halogenated alkanes) is 2. The lowest BCUT2D eigenvalue weighted by atomic mass is 9.83. The summed E-state index contributed by atoms with van der Waals surface area (Å²) in [5, 5.41) is 21.8. The summed E-state index contributed by atoms with van der Waals surface area (Å²) in [5.41, 5.74) is 5.70. The van der Waals surface area contributed by atoms with Gasteiger partial charge in [0.15, 0.2) is 0 Å². The van der Waals surface area contributed by atoms with Crippen molar-refractivity contribution in [3.63, 3.8) is 0 Å². The van der Waals surface area contributed by atoms with Crippen molar-refractivity contribution in [2.75, 3.05) is 0 Å². The molecule has 0 saturated carbocycles. The van der Waals surface area contributed by atoms with Gasteiger partial charge in [0.05, 0.1) is 10.4 Å². The molecule has 0 spiro atoms. The molecular weight excluding hydrogens is 330 g/mol. The minimum atomic E-state index is 0.0881. The number of phenols is 2. The average molecular weight is 358 g/mol. The fourth-order valence-electron chi connectivity index (χ4n) is 3.80. The van der Waals surface area contributed by atoms with Gasteiger partial charge >= 0.3 is 0 Å². The molecule has 0 aliphatic heterocycles. The quantitative estimate of drug-likeness (QED) is 0.480. The topological polar surface area (TPSA) is 53.4 Å². The van der Waals surface area contributed by atoms with E-state index in [9.17, 15) is 10.2 Å². The van der Waals surface area contributed by atoms with Crippen molar-refractivity contribution in [3.8, 4) is 21.9 Å². The van der Waals surface area contributed by atoms with Gasteiger partial charge in [-0.3, -0.25) is 4.98 Å². The molecule has 134 valence electrons. The van der Waals surface area contributed by atoms with Crippen molar-refractivity contribution in [1.29, 1.82) is 0 Å². The van der Waals surface area contributed by atoms with E-state index in [0.717, 1.165) is 60.9 Å². The summed E-state index contributed by atoms with van der Waals surface area (Å²) in [6.45, 7) is 4.31.